The third kappa shape index (κ3) is 3.21. The van der Waals surface area contributed by atoms with Crippen LogP contribution in [-0.4, -0.2) is 60.3 Å². The summed E-state index contributed by atoms with van der Waals surface area (Å²) >= 11 is 1.25. The topological polar surface area (TPSA) is 97.6 Å². The van der Waals surface area contributed by atoms with Gasteiger partial charge in [0.25, 0.3) is 0 Å². The van der Waals surface area contributed by atoms with Crippen LogP contribution in [0.5, 0.6) is 0 Å². The summed E-state index contributed by atoms with van der Waals surface area (Å²) < 4.78 is 37.5. The number of anilines is 1. The van der Waals surface area contributed by atoms with Gasteiger partial charge in [-0.1, -0.05) is 5.21 Å². The van der Waals surface area contributed by atoms with Gasteiger partial charge in [0.1, 0.15) is 22.7 Å². The quantitative estimate of drug-likeness (QED) is 0.529. The summed E-state index contributed by atoms with van der Waals surface area (Å²) in [6, 6.07) is 3.88. The molecule has 0 aromatic carbocycles. The molecule has 1 aliphatic rings. The van der Waals surface area contributed by atoms with Gasteiger partial charge in [-0.05, 0) is 37.5 Å². The van der Waals surface area contributed by atoms with Gasteiger partial charge in [-0.2, -0.15) is 22.9 Å². The number of aromatic amines is 1. The molecule has 1 aliphatic heterocycles. The highest BCUT2D eigenvalue weighted by atomic mass is 32.1. The molecule has 0 aliphatic carbocycles. The number of nitrogens with zero attached hydrogens (tertiary/aromatic N) is 7. The molecule has 1 fully saturated rings. The van der Waals surface area contributed by atoms with E-state index < -0.39 is 6.55 Å². The first-order chi connectivity index (χ1) is 14.5. The van der Waals surface area contributed by atoms with Gasteiger partial charge in [0.15, 0.2) is 0 Å². The second kappa shape index (κ2) is 7.36. The first-order valence-electron chi connectivity index (χ1n) is 9.39. The number of alkyl halides is 2. The summed E-state index contributed by atoms with van der Waals surface area (Å²) in [5.74, 6) is 0.720. The van der Waals surface area contributed by atoms with Crippen LogP contribution in [0.1, 0.15) is 19.2 Å². The highest BCUT2D eigenvalue weighted by molar-refractivity contribution is 7.14. The van der Waals surface area contributed by atoms with Crippen LogP contribution in [0.2, 0.25) is 0 Å². The minimum atomic E-state index is -2.76. The highest BCUT2D eigenvalue weighted by Crippen LogP contribution is 2.38. The molecule has 4 aromatic heterocycles. The third-order valence-electron chi connectivity index (χ3n) is 5.02. The molecular formula is C18H18F2N8OS. The lowest BCUT2D eigenvalue weighted by Crippen LogP contribution is -2.44. The predicted octanol–water partition coefficient (Wildman–Crippen LogP) is 3.27. The zero-order chi connectivity index (χ0) is 20.8. The van der Waals surface area contributed by atoms with Gasteiger partial charge < -0.3 is 9.64 Å². The van der Waals surface area contributed by atoms with Crippen LogP contribution < -0.4 is 4.90 Å². The number of hydrogen-bond acceptors (Lipinski definition) is 8. The lowest BCUT2D eigenvalue weighted by Gasteiger charge is -2.34. The first kappa shape index (κ1) is 19.0. The van der Waals surface area contributed by atoms with Gasteiger partial charge in [0.05, 0.1) is 41.5 Å². The van der Waals surface area contributed by atoms with Crippen molar-refractivity contribution in [3.05, 3.63) is 24.0 Å². The van der Waals surface area contributed by atoms with Crippen LogP contribution in [0.3, 0.4) is 0 Å². The maximum absolute atomic E-state index is 13.1. The number of aromatic nitrogens is 7. The summed E-state index contributed by atoms with van der Waals surface area (Å²) in [6.45, 7) is 3.05. The second-order valence-electron chi connectivity index (χ2n) is 7.14. The molecular weight excluding hydrogens is 414 g/mol. The van der Waals surface area contributed by atoms with E-state index in [9.17, 15) is 8.78 Å². The summed E-state index contributed by atoms with van der Waals surface area (Å²) in [6.07, 6.45) is 1.24. The fraction of sp³-hybridized carbons (Fsp3) is 0.389. The number of aryl methyl sites for hydroxylation is 1. The molecule has 0 amide bonds. The third-order valence-corrected chi connectivity index (χ3v) is 5.89. The van der Waals surface area contributed by atoms with Gasteiger partial charge in [0, 0.05) is 12.1 Å². The predicted molar refractivity (Wildman–Crippen MR) is 108 cm³/mol. The van der Waals surface area contributed by atoms with Crippen LogP contribution in [-0.2, 0) is 4.74 Å². The summed E-state index contributed by atoms with van der Waals surface area (Å²) in [5, 5.41) is 14.7. The molecule has 4 aromatic rings. The van der Waals surface area contributed by atoms with Gasteiger partial charge in [-0.15, -0.1) is 5.10 Å². The number of hydrogen-bond donors (Lipinski definition) is 1. The Kier molecular flexibility index (Phi) is 4.66. The highest BCUT2D eigenvalue weighted by Gasteiger charge is 2.25. The van der Waals surface area contributed by atoms with Crippen molar-refractivity contribution in [3.63, 3.8) is 0 Å². The molecule has 5 rings (SSSR count). The van der Waals surface area contributed by atoms with Crippen LogP contribution in [0.15, 0.2) is 18.3 Å². The number of H-pyrrole nitrogens is 1. The molecule has 0 bridgehead atoms. The van der Waals surface area contributed by atoms with Gasteiger partial charge in [-0.3, -0.25) is 5.10 Å². The molecule has 0 saturated carbocycles. The van der Waals surface area contributed by atoms with Crippen LogP contribution in [0.25, 0.3) is 32.9 Å². The smallest absolute Gasteiger partial charge is 0.334 e. The zero-order valence-electron chi connectivity index (χ0n) is 16.2. The number of halogens is 2. The SMILES string of the molecule is Cc1cc(-c2nsc3c(-c4cn(C(F)F)nn4)cc(N4CCOC[C@H]4C)nc23)[nH]n1. The molecule has 9 nitrogen and oxygen atoms in total. The number of morpholine rings is 1. The summed E-state index contributed by atoms with van der Waals surface area (Å²) in [5.41, 5.74) is 3.94. The number of rotatable bonds is 4. The Hall–Kier alpha value is -2.99. The monoisotopic (exact) mass is 432 g/mol. The number of nitrogens with one attached hydrogen (secondary N) is 1. The zero-order valence-corrected chi connectivity index (χ0v) is 17.0. The van der Waals surface area contributed by atoms with E-state index in [4.69, 9.17) is 9.72 Å². The van der Waals surface area contributed by atoms with Crippen molar-refractivity contribution in [1.29, 1.82) is 0 Å². The van der Waals surface area contributed by atoms with Crippen molar-refractivity contribution in [2.75, 3.05) is 24.7 Å². The van der Waals surface area contributed by atoms with E-state index in [1.807, 2.05) is 19.1 Å². The Morgan fingerprint density at radius 1 is 1.33 bits per heavy atom. The Labute approximate surface area is 173 Å². The molecule has 0 radical (unpaired) electrons. The van der Waals surface area contributed by atoms with E-state index in [1.54, 1.807) is 0 Å². The van der Waals surface area contributed by atoms with Gasteiger partial charge >= 0.3 is 6.55 Å². The minimum absolute atomic E-state index is 0.123. The minimum Gasteiger partial charge on any atom is -0.377 e. The molecule has 30 heavy (non-hydrogen) atoms. The second-order valence-corrected chi connectivity index (χ2v) is 7.91. The van der Waals surface area contributed by atoms with Crippen molar-refractivity contribution >= 4 is 27.6 Å². The fourth-order valence-electron chi connectivity index (χ4n) is 3.53. The van der Waals surface area contributed by atoms with E-state index >= 15 is 0 Å². The van der Waals surface area contributed by atoms with E-state index in [-0.39, 0.29) is 6.04 Å². The summed E-state index contributed by atoms with van der Waals surface area (Å²) in [4.78, 5) is 7.03. The van der Waals surface area contributed by atoms with E-state index in [1.165, 1.54) is 17.7 Å². The molecule has 1 saturated heterocycles. The van der Waals surface area contributed by atoms with Crippen LogP contribution in [0.4, 0.5) is 14.6 Å². The first-order valence-corrected chi connectivity index (χ1v) is 10.2. The van der Waals surface area contributed by atoms with Crippen LogP contribution in [0, 0.1) is 6.92 Å². The van der Waals surface area contributed by atoms with Gasteiger partial charge in [0.2, 0.25) is 0 Å². The van der Waals surface area contributed by atoms with E-state index in [2.05, 4.69) is 36.7 Å². The van der Waals surface area contributed by atoms with Gasteiger partial charge in [-0.25, -0.2) is 4.98 Å². The van der Waals surface area contributed by atoms with E-state index in [0.29, 0.717) is 46.9 Å². The van der Waals surface area contributed by atoms with Crippen molar-refractivity contribution in [2.24, 2.45) is 0 Å². The lowest BCUT2D eigenvalue weighted by atomic mass is 10.1. The average molecular weight is 432 g/mol. The summed E-state index contributed by atoms with van der Waals surface area (Å²) in [7, 11) is 0. The Balaban J connectivity index is 1.71. The molecule has 5 heterocycles. The van der Waals surface area contributed by atoms with Crippen LogP contribution >= 0.6 is 11.5 Å². The average Bonchev–Trinajstić information content (AvgIpc) is 3.46. The van der Waals surface area contributed by atoms with Crippen molar-refractivity contribution in [2.45, 2.75) is 26.4 Å². The molecule has 0 spiro atoms. The molecule has 1 N–H and O–H groups in total. The number of fused-ring (bicyclic) bond motifs is 1. The fourth-order valence-corrected chi connectivity index (χ4v) is 4.39. The number of pyridine rings is 1. The Morgan fingerprint density at radius 2 is 2.20 bits per heavy atom. The number of ether oxygens (including phenoxy) is 1. The maximum Gasteiger partial charge on any atom is 0.334 e. The molecule has 0 unspecified atom stereocenters. The normalized spacial score (nSPS) is 17.4. The standard InChI is InChI=1S/C18H18F2N8OS/c1-9-5-12(23-22-9)15-16-17(30-25-15)11(13-7-28(18(19)20)26-24-13)6-14(21-16)27-3-4-29-8-10(27)2/h5-7,10,18H,3-4,8H2,1-2H3,(H,22,23)/t10-/m1/s1. The lowest BCUT2D eigenvalue weighted by molar-refractivity contribution is 0.0546. The van der Waals surface area contributed by atoms with Crippen molar-refractivity contribution in [1.82, 2.24) is 34.5 Å². The van der Waals surface area contributed by atoms with Crippen molar-refractivity contribution in [3.8, 4) is 22.6 Å². The Morgan fingerprint density at radius 3 is 2.90 bits per heavy atom. The molecule has 156 valence electrons. The Bertz CT molecular complexity index is 1200. The van der Waals surface area contributed by atoms with Crippen molar-refractivity contribution < 1.29 is 13.5 Å². The van der Waals surface area contributed by atoms with E-state index in [0.717, 1.165) is 21.9 Å². The molecule has 1 atom stereocenters. The molecule has 12 heteroatoms. The largest absolute Gasteiger partial charge is 0.377 e. The maximum atomic E-state index is 13.1.